The van der Waals surface area contributed by atoms with E-state index in [0.29, 0.717) is 12.8 Å². The largest absolute Gasteiger partial charge is 0.747 e. The van der Waals surface area contributed by atoms with Gasteiger partial charge in [0.15, 0.2) is 0 Å². The molecular formula is C57H103N16O28S5-5. The number of aliphatic hydroxyl groups excluding tert-OH is 2. The van der Waals surface area contributed by atoms with E-state index >= 15 is 0 Å². The zero-order valence-electron chi connectivity index (χ0n) is 60.0. The van der Waals surface area contributed by atoms with Gasteiger partial charge in [0.25, 0.3) is 0 Å². The summed E-state index contributed by atoms with van der Waals surface area (Å²) in [5.41, 5.74) is 0. The van der Waals surface area contributed by atoms with Crippen molar-refractivity contribution >= 4 is 116 Å². The lowest BCUT2D eigenvalue weighted by molar-refractivity contribution is -0.137. The fraction of sp³-hybridized carbons (Fsp3) is 0.807. The first-order chi connectivity index (χ1) is 48.9. The number of nitrogens with one attached hydrogen (secondary N) is 16. The van der Waals surface area contributed by atoms with Gasteiger partial charge in [-0.25, -0.2) is 42.1 Å². The lowest BCUT2D eigenvalue weighted by Gasteiger charge is -2.29. The second-order valence-corrected chi connectivity index (χ2v) is 33.5. The van der Waals surface area contributed by atoms with Gasteiger partial charge in [0, 0.05) is 13.0 Å². The zero-order valence-corrected chi connectivity index (χ0v) is 64.1. The van der Waals surface area contributed by atoms with E-state index in [0.717, 1.165) is 20.3 Å². The monoisotopic (exact) mass is 1620 g/mol. The van der Waals surface area contributed by atoms with E-state index in [1.165, 1.54) is 0 Å². The van der Waals surface area contributed by atoms with E-state index in [1.54, 1.807) is 27.7 Å². The molecule has 0 unspecified atom stereocenters. The van der Waals surface area contributed by atoms with Gasteiger partial charge < -0.3 is 118 Å². The summed E-state index contributed by atoms with van der Waals surface area (Å²) in [6.45, 7) is 8.74. The minimum absolute atomic E-state index is 0.107. The first kappa shape index (κ1) is 97.5. The first-order valence-corrected chi connectivity index (χ1v) is 41.6. The van der Waals surface area contributed by atoms with Crippen molar-refractivity contribution in [3.05, 3.63) is 0 Å². The van der Waals surface area contributed by atoms with Crippen molar-refractivity contribution in [1.82, 2.24) is 85.1 Å². The van der Waals surface area contributed by atoms with Crippen molar-refractivity contribution in [3.8, 4) is 0 Å². The van der Waals surface area contributed by atoms with Gasteiger partial charge in [-0.05, 0) is 122 Å². The molecule has 0 radical (unpaired) electrons. The van der Waals surface area contributed by atoms with Crippen LogP contribution in [0.4, 0.5) is 0 Å². The van der Waals surface area contributed by atoms with Gasteiger partial charge >= 0.3 is 0 Å². The molecule has 0 aromatic heterocycles. The van der Waals surface area contributed by atoms with Crippen molar-refractivity contribution in [3.63, 3.8) is 0 Å². The van der Waals surface area contributed by atoms with Crippen LogP contribution < -0.4 is 85.1 Å². The summed E-state index contributed by atoms with van der Waals surface area (Å²) >= 11 is 0. The van der Waals surface area contributed by atoms with Crippen molar-refractivity contribution in [2.75, 3.05) is 68.7 Å². The van der Waals surface area contributed by atoms with Crippen LogP contribution in [-0.2, 0) is 103 Å². The topological polar surface area (TPSA) is 707 Å². The Kier molecular flexibility index (Phi) is 43.6. The molecule has 0 saturated carbocycles. The Morgan fingerprint density at radius 2 is 0.783 bits per heavy atom. The highest BCUT2D eigenvalue weighted by atomic mass is 32.2. The van der Waals surface area contributed by atoms with Crippen LogP contribution in [-0.4, -0.2) is 281 Å². The summed E-state index contributed by atoms with van der Waals surface area (Å²) in [5, 5.41) is 58.9. The molecule has 1 saturated heterocycles. The van der Waals surface area contributed by atoms with E-state index in [4.69, 9.17) is 0 Å². The zero-order chi connectivity index (χ0) is 81.1. The Morgan fingerprint density at radius 1 is 0.425 bits per heavy atom. The molecule has 0 spiro atoms. The fourth-order valence-corrected chi connectivity index (χ4v) is 12.0. The van der Waals surface area contributed by atoms with Crippen LogP contribution in [0.25, 0.3) is 0 Å². The second kappa shape index (κ2) is 47.4. The number of carbonyl (C=O) groups excluding carboxylic acids is 11. The molecule has 1 rings (SSSR count). The van der Waals surface area contributed by atoms with Gasteiger partial charge in [-0.1, -0.05) is 54.4 Å². The molecule has 49 heteroatoms. The molecule has 11 amide bonds. The highest BCUT2D eigenvalue weighted by Gasteiger charge is 2.38. The number of hydrogen-bond donors (Lipinski definition) is 18. The van der Waals surface area contributed by atoms with E-state index < -0.39 is 307 Å². The van der Waals surface area contributed by atoms with Gasteiger partial charge in [-0.15, -0.1) is 0 Å². The maximum atomic E-state index is 14.9. The predicted octanol–water partition coefficient (Wildman–Crippen LogP) is -10.2. The van der Waals surface area contributed by atoms with Gasteiger partial charge in [0.1, 0.15) is 111 Å². The van der Waals surface area contributed by atoms with E-state index in [-0.39, 0.29) is 25.2 Å². The van der Waals surface area contributed by atoms with Crippen LogP contribution in [0, 0.1) is 17.8 Å². The Labute approximate surface area is 616 Å². The molecule has 614 valence electrons. The van der Waals surface area contributed by atoms with E-state index in [2.05, 4.69) is 85.1 Å². The Bertz CT molecular complexity index is 3500. The quantitative estimate of drug-likeness (QED) is 0.0199. The van der Waals surface area contributed by atoms with Crippen molar-refractivity contribution < 1.29 is 128 Å². The molecule has 1 heterocycles. The number of rotatable bonds is 43. The van der Waals surface area contributed by atoms with Crippen LogP contribution in [0.1, 0.15) is 132 Å². The summed E-state index contributed by atoms with van der Waals surface area (Å²) in [4.78, 5) is 157. The third kappa shape index (κ3) is 44.7. The van der Waals surface area contributed by atoms with Crippen molar-refractivity contribution in [2.45, 2.75) is 205 Å². The number of hydrogen-bond acceptors (Lipinski definition) is 33. The standard InChI is InChI=1S/C57H108N16O28S5/c1-32(2)11-9-10-12-45(76)64-37(13-19-58-27-102(87,88)89)52(81)73-47(36(8)75)57(86)69-40(16-22-61-30-105(96,97)98)49(78)67-42-18-24-63-56(85)46(35(7)74)72-53(82)41(17-23-62-31-106(99,100)101)66-48(77)38(14-20-59-28-103(90,91)92)68-54(83)43(25-33(3)4)71-55(84)44(26-34(5)6)70-51(80)39(65-50(42)79)15-21-60-29-104(93,94)95/h32-44,46-47,58-62,74-75H,9-31H2,1-8H3,(H,63,85)(H,64,76)(H,65,79)(H,66,77)(H,67,78)(H,68,83)(H,69,86)(H,70,80)(H,71,84)(H,72,82)(H,73,81)(H,87,88,89)(H,90,91,92)(H,93,94,95)(H,96,97,98)(H,99,100,101)/p-5/t35-,36-,37+,38+,39+,40+,41+,42+,43+,44-,46+,47+/m1/s1. The summed E-state index contributed by atoms with van der Waals surface area (Å²) in [7, 11) is -24.8. The van der Waals surface area contributed by atoms with Crippen molar-refractivity contribution in [1.29, 1.82) is 0 Å². The van der Waals surface area contributed by atoms with Gasteiger partial charge in [0.2, 0.25) is 65.0 Å². The third-order valence-corrected chi connectivity index (χ3v) is 18.0. The molecule has 0 bridgehead atoms. The highest BCUT2D eigenvalue weighted by molar-refractivity contribution is 7.86. The van der Waals surface area contributed by atoms with E-state index in [1.807, 2.05) is 13.8 Å². The predicted molar refractivity (Wildman–Crippen MR) is 368 cm³/mol. The average molecular weight is 1620 g/mol. The smallest absolute Gasteiger partial charge is 0.245 e. The van der Waals surface area contributed by atoms with E-state index in [9.17, 15) is 128 Å². The van der Waals surface area contributed by atoms with Crippen molar-refractivity contribution in [2.24, 2.45) is 17.8 Å². The molecular weight excluding hydrogens is 1520 g/mol. The minimum Gasteiger partial charge on any atom is -0.747 e. The SMILES string of the molecule is CC(C)CCCCC(=O)N[C@@H](CCNCS(=O)(=O)[O-])C(=O)N[C@H](C(=O)N[C@@H](CCNCS(=O)(=O)[O-])C(=O)N[C@H]1CCNC(=O)[C@H]([C@@H](C)O)NC(=O)[C@H](CCNCS(=O)(=O)[O-])NC(=O)[C@H](CCNCS(=O)(=O)[O-])NC(=O)[C@H](CC(C)C)NC(=O)[C@@H](CC(C)C)NC(=O)[C@H](CCNCS(=O)(=O)[O-])NC1=O)[C@@H](C)O. The number of aliphatic hydroxyl groups is 2. The molecule has 1 aliphatic heterocycles. The molecule has 18 N–H and O–H groups in total. The average Bonchev–Trinajstić information content (AvgIpc) is 0.895. The van der Waals surface area contributed by atoms with Crippen LogP contribution in [0.5, 0.6) is 0 Å². The van der Waals surface area contributed by atoms with Gasteiger partial charge in [0.05, 0.1) is 41.6 Å². The lowest BCUT2D eigenvalue weighted by atomic mass is 9.99. The molecule has 0 aliphatic carbocycles. The van der Waals surface area contributed by atoms with Crippen LogP contribution in [0.3, 0.4) is 0 Å². The maximum absolute atomic E-state index is 14.9. The molecule has 12 atom stereocenters. The Hall–Kier alpha value is -6.56. The van der Waals surface area contributed by atoms with Crippen LogP contribution in [0.15, 0.2) is 0 Å². The van der Waals surface area contributed by atoms with Gasteiger partial charge in [-0.3, -0.25) is 52.7 Å². The Morgan fingerprint density at radius 3 is 1.15 bits per heavy atom. The number of unbranched alkanes of at least 4 members (excludes halogenated alkanes) is 1. The van der Waals surface area contributed by atoms with Crippen LogP contribution >= 0.6 is 0 Å². The highest BCUT2D eigenvalue weighted by Crippen LogP contribution is 2.14. The van der Waals surface area contributed by atoms with Gasteiger partial charge in [-0.2, -0.15) is 0 Å². The maximum Gasteiger partial charge on any atom is 0.245 e. The third-order valence-electron chi connectivity index (χ3n) is 15.2. The molecule has 1 fully saturated rings. The summed E-state index contributed by atoms with van der Waals surface area (Å²) in [5.74, 6) is -20.1. The fourth-order valence-electron chi connectivity index (χ4n) is 10.0. The molecule has 1 aliphatic rings. The molecule has 44 nitrogen and oxygen atoms in total. The first-order valence-electron chi connectivity index (χ1n) is 33.7. The normalized spacial score (nSPS) is 21.3. The van der Waals surface area contributed by atoms with Crippen LogP contribution in [0.2, 0.25) is 0 Å². The molecule has 0 aromatic carbocycles. The Balaban J connectivity index is 4.34. The summed E-state index contributed by atoms with van der Waals surface area (Å²) in [6.07, 6.45) is -6.54. The summed E-state index contributed by atoms with van der Waals surface area (Å²) < 4.78 is 173. The number of amides is 11. The number of carbonyl (C=O) groups is 11. The minimum atomic E-state index is -5.03. The second-order valence-electron chi connectivity index (χ2n) is 26.4. The summed E-state index contributed by atoms with van der Waals surface area (Å²) in [6, 6.07) is -18.8. The lowest BCUT2D eigenvalue weighted by Crippen LogP contribution is -2.62. The molecule has 106 heavy (non-hydrogen) atoms. The molecule has 0 aromatic rings.